The van der Waals surface area contributed by atoms with Crippen molar-refractivity contribution in [2.75, 3.05) is 4.90 Å². The number of halogens is 1. The number of hydrogen-bond donors (Lipinski definition) is 1. The second-order valence-corrected chi connectivity index (χ2v) is 7.86. The molecule has 7 nitrogen and oxygen atoms in total. The highest BCUT2D eigenvalue weighted by Gasteiger charge is 2.34. The van der Waals surface area contributed by atoms with Crippen molar-refractivity contribution in [2.24, 2.45) is 0 Å². The average Bonchev–Trinajstić information content (AvgIpc) is 2.83. The molecule has 0 bridgehead atoms. The van der Waals surface area contributed by atoms with Gasteiger partial charge in [0.1, 0.15) is 29.2 Å². The van der Waals surface area contributed by atoms with Crippen LogP contribution < -0.4 is 15.0 Å². The van der Waals surface area contributed by atoms with Crippen LogP contribution in [0.25, 0.3) is 6.08 Å². The van der Waals surface area contributed by atoms with Gasteiger partial charge in [0.2, 0.25) is 0 Å². The maximum absolute atomic E-state index is 13.1. The number of thiocarbonyl (C=S) groups is 1. The van der Waals surface area contributed by atoms with Crippen LogP contribution in [0.15, 0.2) is 72.3 Å². The number of ether oxygens (including phenoxy) is 1. The Kier molecular flexibility index (Phi) is 6.37. The van der Waals surface area contributed by atoms with Crippen LogP contribution in [-0.4, -0.2) is 16.9 Å². The first-order chi connectivity index (χ1) is 16.4. The molecule has 0 saturated carbocycles. The Morgan fingerprint density at radius 2 is 1.56 bits per heavy atom. The van der Waals surface area contributed by atoms with Crippen molar-refractivity contribution in [3.63, 3.8) is 0 Å². The molecule has 1 saturated heterocycles. The van der Waals surface area contributed by atoms with E-state index in [1.807, 2.05) is 12.1 Å². The third-order valence-corrected chi connectivity index (χ3v) is 5.38. The molecular weight excluding hydrogens is 472 g/mol. The van der Waals surface area contributed by atoms with E-state index >= 15 is 0 Å². The average molecular weight is 485 g/mol. The van der Waals surface area contributed by atoms with Gasteiger partial charge in [0.05, 0.1) is 16.8 Å². The summed E-state index contributed by atoms with van der Waals surface area (Å²) in [4.78, 5) is 26.8. The van der Waals surface area contributed by atoms with Crippen LogP contribution in [0.1, 0.15) is 16.7 Å². The van der Waals surface area contributed by atoms with Crippen LogP contribution in [0.2, 0.25) is 5.02 Å². The number of amides is 2. The van der Waals surface area contributed by atoms with Crippen LogP contribution in [0.4, 0.5) is 5.69 Å². The molecule has 2 amide bonds. The topological polar surface area (TPSA) is 106 Å². The second-order valence-electron chi connectivity index (χ2n) is 7.04. The first-order valence-electron chi connectivity index (χ1n) is 9.79. The van der Waals surface area contributed by atoms with Gasteiger partial charge in [0.25, 0.3) is 11.8 Å². The van der Waals surface area contributed by atoms with Crippen LogP contribution in [0, 0.1) is 22.7 Å². The van der Waals surface area contributed by atoms with E-state index in [9.17, 15) is 9.59 Å². The lowest BCUT2D eigenvalue weighted by Gasteiger charge is -2.28. The molecular formula is C25H13ClN4O3S. The smallest absolute Gasteiger partial charge is 0.270 e. The summed E-state index contributed by atoms with van der Waals surface area (Å²) in [7, 11) is 0. The van der Waals surface area contributed by atoms with E-state index in [0.717, 1.165) is 0 Å². The standard InChI is InChI=1S/C25H13ClN4O3S/c26-18-4-6-19(7-5-18)30-24(32)22(23(31)29-25(30)34)11-15-1-8-20(9-2-15)33-21-10-3-16(13-27)17(12-21)14-28/h1-12H,(H,29,31,34). The first kappa shape index (κ1) is 22.7. The van der Waals surface area contributed by atoms with Gasteiger partial charge in [-0.3, -0.25) is 19.8 Å². The van der Waals surface area contributed by atoms with Crippen LogP contribution in [0.5, 0.6) is 11.5 Å². The lowest BCUT2D eigenvalue weighted by atomic mass is 10.1. The first-order valence-corrected chi connectivity index (χ1v) is 10.6. The van der Waals surface area contributed by atoms with Gasteiger partial charge >= 0.3 is 0 Å². The lowest BCUT2D eigenvalue weighted by molar-refractivity contribution is -0.122. The van der Waals surface area contributed by atoms with Gasteiger partial charge in [-0.1, -0.05) is 23.7 Å². The fraction of sp³-hybridized carbons (Fsp3) is 0. The van der Waals surface area contributed by atoms with Crippen molar-refractivity contribution in [1.29, 1.82) is 10.5 Å². The van der Waals surface area contributed by atoms with Crippen molar-refractivity contribution in [2.45, 2.75) is 0 Å². The maximum Gasteiger partial charge on any atom is 0.270 e. The van der Waals surface area contributed by atoms with Crippen molar-refractivity contribution in [1.82, 2.24) is 5.32 Å². The molecule has 1 heterocycles. The number of rotatable bonds is 4. The molecule has 0 aromatic heterocycles. The third-order valence-electron chi connectivity index (χ3n) is 4.85. The Labute approximate surface area is 205 Å². The highest BCUT2D eigenvalue weighted by molar-refractivity contribution is 7.80. The molecule has 9 heteroatoms. The molecule has 164 valence electrons. The number of anilines is 1. The van der Waals surface area contributed by atoms with Crippen molar-refractivity contribution in [3.8, 4) is 23.6 Å². The van der Waals surface area contributed by atoms with E-state index in [0.29, 0.717) is 27.8 Å². The largest absolute Gasteiger partial charge is 0.457 e. The zero-order valence-electron chi connectivity index (χ0n) is 17.3. The molecule has 3 aromatic carbocycles. The summed E-state index contributed by atoms with van der Waals surface area (Å²) in [5.74, 6) is -0.282. The van der Waals surface area contributed by atoms with Gasteiger partial charge in [-0.2, -0.15) is 10.5 Å². The molecule has 0 atom stereocenters. The molecule has 1 aliphatic rings. The van der Waals surface area contributed by atoms with E-state index in [2.05, 4.69) is 5.32 Å². The minimum Gasteiger partial charge on any atom is -0.457 e. The quantitative estimate of drug-likeness (QED) is 0.326. The Balaban J connectivity index is 1.56. The van der Waals surface area contributed by atoms with E-state index in [1.165, 1.54) is 23.1 Å². The molecule has 0 radical (unpaired) electrons. The Morgan fingerprint density at radius 1 is 0.912 bits per heavy atom. The molecule has 0 spiro atoms. The summed E-state index contributed by atoms with van der Waals surface area (Å²) in [5, 5.41) is 21.2. The van der Waals surface area contributed by atoms with Gasteiger partial charge < -0.3 is 4.74 Å². The number of nitriles is 2. The number of hydrogen-bond acceptors (Lipinski definition) is 6. The van der Waals surface area contributed by atoms with Crippen molar-refractivity contribution >= 4 is 52.5 Å². The Hall–Kier alpha value is -4.50. The monoisotopic (exact) mass is 484 g/mol. The fourth-order valence-electron chi connectivity index (χ4n) is 3.19. The Morgan fingerprint density at radius 3 is 2.21 bits per heavy atom. The molecule has 0 aliphatic carbocycles. The van der Waals surface area contributed by atoms with Gasteiger partial charge in [-0.25, -0.2) is 0 Å². The summed E-state index contributed by atoms with van der Waals surface area (Å²) >= 11 is 11.1. The highest BCUT2D eigenvalue weighted by atomic mass is 35.5. The summed E-state index contributed by atoms with van der Waals surface area (Å²) in [6, 6.07) is 21.7. The molecule has 3 aromatic rings. The number of nitrogens with zero attached hydrogens (tertiary/aromatic N) is 3. The molecule has 0 unspecified atom stereocenters. The SMILES string of the molecule is N#Cc1ccc(Oc2ccc(C=C3C(=O)NC(=S)N(c4ccc(Cl)cc4)C3=O)cc2)cc1C#N. The Bertz CT molecular complexity index is 1430. The van der Waals surface area contributed by atoms with Gasteiger partial charge in [0, 0.05) is 5.02 Å². The van der Waals surface area contributed by atoms with E-state index in [4.69, 9.17) is 39.1 Å². The number of benzene rings is 3. The molecule has 4 rings (SSSR count). The van der Waals surface area contributed by atoms with Gasteiger partial charge in [0.15, 0.2) is 5.11 Å². The third kappa shape index (κ3) is 4.64. The lowest BCUT2D eigenvalue weighted by Crippen LogP contribution is -2.54. The molecule has 1 N–H and O–H groups in total. The van der Waals surface area contributed by atoms with Crippen LogP contribution >= 0.6 is 23.8 Å². The fourth-order valence-corrected chi connectivity index (χ4v) is 3.60. The van der Waals surface area contributed by atoms with Crippen LogP contribution in [0.3, 0.4) is 0 Å². The summed E-state index contributed by atoms with van der Waals surface area (Å²) in [6.07, 6.45) is 1.46. The van der Waals surface area contributed by atoms with Gasteiger partial charge in [-0.15, -0.1) is 0 Å². The summed E-state index contributed by atoms with van der Waals surface area (Å²) in [6.45, 7) is 0. The number of carbonyl (C=O) groups is 2. The van der Waals surface area contributed by atoms with E-state index in [-0.39, 0.29) is 21.8 Å². The van der Waals surface area contributed by atoms with Crippen LogP contribution in [-0.2, 0) is 9.59 Å². The minimum absolute atomic E-state index is 0.0163. The zero-order valence-corrected chi connectivity index (χ0v) is 18.9. The van der Waals surface area contributed by atoms with Crippen molar-refractivity contribution < 1.29 is 14.3 Å². The number of carbonyl (C=O) groups excluding carboxylic acids is 2. The number of nitrogens with one attached hydrogen (secondary N) is 1. The van der Waals surface area contributed by atoms with Crippen molar-refractivity contribution in [3.05, 3.63) is 94.0 Å². The molecule has 34 heavy (non-hydrogen) atoms. The maximum atomic E-state index is 13.1. The zero-order chi connectivity index (χ0) is 24.2. The summed E-state index contributed by atoms with van der Waals surface area (Å²) in [5.41, 5.74) is 1.47. The molecule has 1 fully saturated rings. The summed E-state index contributed by atoms with van der Waals surface area (Å²) < 4.78 is 5.74. The van der Waals surface area contributed by atoms with E-state index in [1.54, 1.807) is 54.6 Å². The second kappa shape index (κ2) is 9.55. The van der Waals surface area contributed by atoms with E-state index < -0.39 is 11.8 Å². The normalized spacial score (nSPS) is 14.4. The minimum atomic E-state index is -0.595. The van der Waals surface area contributed by atoms with Gasteiger partial charge in [-0.05, 0) is 78.5 Å². The highest BCUT2D eigenvalue weighted by Crippen LogP contribution is 2.26. The predicted octanol–water partition coefficient (Wildman–Crippen LogP) is 4.71. The molecule has 1 aliphatic heterocycles. The predicted molar refractivity (Wildman–Crippen MR) is 130 cm³/mol.